The Bertz CT molecular complexity index is 475. The number of aliphatic hydroxyl groups is 2. The van der Waals surface area contributed by atoms with Gasteiger partial charge in [-0.3, -0.25) is 0 Å². The van der Waals surface area contributed by atoms with Gasteiger partial charge < -0.3 is 15.3 Å². The predicted octanol–water partition coefficient (Wildman–Crippen LogP) is 6.39. The monoisotopic (exact) mass is 392 g/mol. The first-order valence-corrected chi connectivity index (χ1v) is 11.7. The first-order valence-electron chi connectivity index (χ1n) is 11.7. The van der Waals surface area contributed by atoms with Crippen LogP contribution in [0.3, 0.4) is 0 Å². The van der Waals surface area contributed by atoms with Crippen molar-refractivity contribution in [2.24, 2.45) is 5.92 Å². The Morgan fingerprint density at radius 3 is 1.75 bits per heavy atom. The predicted molar refractivity (Wildman–Crippen MR) is 119 cm³/mol. The smallest absolute Gasteiger partial charge is 0.118 e. The van der Waals surface area contributed by atoms with Crippen LogP contribution >= 0.6 is 0 Å². The van der Waals surface area contributed by atoms with Crippen LogP contribution in [0.25, 0.3) is 0 Å². The van der Waals surface area contributed by atoms with Gasteiger partial charge in [0.25, 0.3) is 0 Å². The van der Waals surface area contributed by atoms with Gasteiger partial charge in [-0.15, -0.1) is 0 Å². The molecule has 3 N–H and O–H groups in total. The molecule has 28 heavy (non-hydrogen) atoms. The molecule has 1 aromatic rings. The highest BCUT2D eigenvalue weighted by Crippen LogP contribution is 2.25. The van der Waals surface area contributed by atoms with E-state index in [1.807, 2.05) is 18.2 Å². The van der Waals surface area contributed by atoms with Gasteiger partial charge >= 0.3 is 0 Å². The molecule has 0 fully saturated rings. The average molecular weight is 393 g/mol. The second-order valence-electron chi connectivity index (χ2n) is 8.37. The third-order valence-corrected chi connectivity index (χ3v) is 5.88. The van der Waals surface area contributed by atoms with Crippen molar-refractivity contribution in [1.82, 2.24) is 0 Å². The van der Waals surface area contributed by atoms with E-state index in [4.69, 9.17) is 0 Å². The third-order valence-electron chi connectivity index (χ3n) is 5.88. The molecule has 0 aromatic heterocycles. The second-order valence-corrected chi connectivity index (χ2v) is 8.37. The molecule has 0 spiro atoms. The third kappa shape index (κ3) is 11.7. The lowest BCUT2D eigenvalue weighted by atomic mass is 9.88. The number of aliphatic hydroxyl groups excluding tert-OH is 2. The SMILES string of the molecule is CCCCCCCCCCCCCCCC(Cc1ccccc1O)C(O)CO. The molecule has 162 valence electrons. The molecule has 2 atom stereocenters. The number of benzene rings is 1. The summed E-state index contributed by atoms with van der Waals surface area (Å²) in [5.41, 5.74) is 0.856. The lowest BCUT2D eigenvalue weighted by Crippen LogP contribution is -2.26. The number of phenols is 1. The van der Waals surface area contributed by atoms with Crippen LogP contribution in [0.5, 0.6) is 5.75 Å². The van der Waals surface area contributed by atoms with E-state index >= 15 is 0 Å². The molecule has 0 heterocycles. The highest BCUT2D eigenvalue weighted by atomic mass is 16.3. The van der Waals surface area contributed by atoms with Gasteiger partial charge in [0.15, 0.2) is 0 Å². The first-order chi connectivity index (χ1) is 13.7. The average Bonchev–Trinajstić information content (AvgIpc) is 2.71. The number of phenolic OH excluding ortho intramolecular Hbond substituents is 1. The zero-order valence-corrected chi connectivity index (χ0v) is 18.1. The summed E-state index contributed by atoms with van der Waals surface area (Å²) in [7, 11) is 0. The van der Waals surface area contributed by atoms with Gasteiger partial charge in [0, 0.05) is 0 Å². The van der Waals surface area contributed by atoms with E-state index in [1.54, 1.807) is 6.07 Å². The van der Waals surface area contributed by atoms with Crippen LogP contribution in [0, 0.1) is 5.92 Å². The van der Waals surface area contributed by atoms with E-state index in [1.165, 1.54) is 77.0 Å². The molecule has 0 saturated heterocycles. The number of aromatic hydroxyl groups is 1. The van der Waals surface area contributed by atoms with E-state index in [2.05, 4.69) is 6.92 Å². The molecule has 3 nitrogen and oxygen atoms in total. The van der Waals surface area contributed by atoms with Crippen molar-refractivity contribution in [2.75, 3.05) is 6.61 Å². The first kappa shape index (κ1) is 25.0. The van der Waals surface area contributed by atoms with Crippen molar-refractivity contribution in [3.8, 4) is 5.75 Å². The molecular formula is C25H44O3. The number of hydrogen-bond donors (Lipinski definition) is 3. The lowest BCUT2D eigenvalue weighted by Gasteiger charge is -2.22. The molecule has 0 aliphatic heterocycles. The Labute approximate surface area is 173 Å². The van der Waals surface area contributed by atoms with Crippen LogP contribution < -0.4 is 0 Å². The van der Waals surface area contributed by atoms with E-state index in [0.717, 1.165) is 18.4 Å². The summed E-state index contributed by atoms with van der Waals surface area (Å²) in [5.74, 6) is 0.286. The Morgan fingerprint density at radius 2 is 1.25 bits per heavy atom. The van der Waals surface area contributed by atoms with Gasteiger partial charge in [-0.25, -0.2) is 0 Å². The fourth-order valence-corrected chi connectivity index (χ4v) is 3.97. The quantitative estimate of drug-likeness (QED) is 0.254. The molecule has 0 radical (unpaired) electrons. The van der Waals surface area contributed by atoms with Gasteiger partial charge in [-0.2, -0.15) is 0 Å². The summed E-state index contributed by atoms with van der Waals surface area (Å²) in [4.78, 5) is 0. The summed E-state index contributed by atoms with van der Waals surface area (Å²) in [6.07, 6.45) is 18.1. The van der Waals surface area contributed by atoms with Gasteiger partial charge in [0.1, 0.15) is 5.75 Å². The minimum absolute atomic E-state index is 0.00556. The van der Waals surface area contributed by atoms with Gasteiger partial charge in [0.05, 0.1) is 12.7 Å². The molecule has 0 aliphatic rings. The van der Waals surface area contributed by atoms with Gasteiger partial charge in [-0.1, -0.05) is 109 Å². The van der Waals surface area contributed by atoms with Crippen molar-refractivity contribution in [3.05, 3.63) is 29.8 Å². The molecule has 1 aromatic carbocycles. The summed E-state index contributed by atoms with van der Waals surface area (Å²) in [6, 6.07) is 7.30. The number of unbranched alkanes of at least 4 members (excludes halogenated alkanes) is 12. The van der Waals surface area contributed by atoms with E-state index in [0.29, 0.717) is 6.42 Å². The lowest BCUT2D eigenvalue weighted by molar-refractivity contribution is 0.0425. The maximum absolute atomic E-state index is 10.1. The van der Waals surface area contributed by atoms with Crippen molar-refractivity contribution in [1.29, 1.82) is 0 Å². The molecule has 2 unspecified atom stereocenters. The van der Waals surface area contributed by atoms with Crippen molar-refractivity contribution in [3.63, 3.8) is 0 Å². The minimum atomic E-state index is -0.711. The number of rotatable bonds is 18. The molecule has 0 saturated carbocycles. The Hall–Kier alpha value is -1.06. The zero-order chi connectivity index (χ0) is 20.5. The highest BCUT2D eigenvalue weighted by Gasteiger charge is 2.19. The highest BCUT2D eigenvalue weighted by molar-refractivity contribution is 5.32. The van der Waals surface area contributed by atoms with E-state index < -0.39 is 6.10 Å². The minimum Gasteiger partial charge on any atom is -0.508 e. The molecule has 0 bridgehead atoms. The maximum atomic E-state index is 10.1. The number of para-hydroxylation sites is 1. The Balaban J connectivity index is 2.08. The zero-order valence-electron chi connectivity index (χ0n) is 18.1. The molecule has 0 amide bonds. The molecule has 3 heteroatoms. The van der Waals surface area contributed by atoms with Crippen LogP contribution in [0.2, 0.25) is 0 Å². The van der Waals surface area contributed by atoms with Gasteiger partial charge in [-0.05, 0) is 30.4 Å². The van der Waals surface area contributed by atoms with Crippen molar-refractivity contribution >= 4 is 0 Å². The summed E-state index contributed by atoms with van der Waals surface area (Å²) in [6.45, 7) is 2.06. The fraction of sp³-hybridized carbons (Fsp3) is 0.760. The van der Waals surface area contributed by atoms with Crippen LogP contribution in [-0.4, -0.2) is 28.0 Å². The van der Waals surface area contributed by atoms with Crippen LogP contribution in [-0.2, 0) is 6.42 Å². The summed E-state index contributed by atoms with van der Waals surface area (Å²) >= 11 is 0. The Morgan fingerprint density at radius 1 is 0.750 bits per heavy atom. The molecule has 1 rings (SSSR count). The standard InChI is InChI=1S/C25H44O3/c1-2-3-4-5-6-7-8-9-10-11-12-13-14-17-23(25(28)21-26)20-22-18-15-16-19-24(22)27/h15-16,18-19,23,25-28H,2-14,17,20-21H2,1H3. The van der Waals surface area contributed by atoms with Crippen molar-refractivity contribution < 1.29 is 15.3 Å². The maximum Gasteiger partial charge on any atom is 0.118 e. The van der Waals surface area contributed by atoms with Crippen LogP contribution in [0.4, 0.5) is 0 Å². The summed E-state index contributed by atoms with van der Waals surface area (Å²) in [5, 5.41) is 29.4. The van der Waals surface area contributed by atoms with Crippen molar-refractivity contribution in [2.45, 2.75) is 109 Å². The van der Waals surface area contributed by atoms with Gasteiger partial charge in [0.2, 0.25) is 0 Å². The number of hydrogen-bond acceptors (Lipinski definition) is 3. The Kier molecular flexibility index (Phi) is 15.0. The van der Waals surface area contributed by atoms with E-state index in [-0.39, 0.29) is 18.3 Å². The molecular weight excluding hydrogens is 348 g/mol. The van der Waals surface area contributed by atoms with Crippen LogP contribution in [0.15, 0.2) is 24.3 Å². The van der Waals surface area contributed by atoms with Crippen LogP contribution in [0.1, 0.15) is 102 Å². The topological polar surface area (TPSA) is 60.7 Å². The normalized spacial score (nSPS) is 13.5. The second kappa shape index (κ2) is 16.9. The van der Waals surface area contributed by atoms with E-state index in [9.17, 15) is 15.3 Å². The largest absolute Gasteiger partial charge is 0.508 e. The molecule has 0 aliphatic carbocycles. The fourth-order valence-electron chi connectivity index (χ4n) is 3.97. The summed E-state index contributed by atoms with van der Waals surface area (Å²) < 4.78 is 0.